The quantitative estimate of drug-likeness (QED) is 0.813. The lowest BCUT2D eigenvalue weighted by atomic mass is 10.4. The Labute approximate surface area is 100 Å². The standard InChI is InChI=1S/C9H14ClN3O2S/c1-13(3-4-16(2,14)15)9-6-7(11)5-8(10)12-9/h5-6H,3-4H2,1-2H3,(H2,11,12). The Bertz CT molecular complexity index is 455. The van der Waals surface area contributed by atoms with E-state index in [0.717, 1.165) is 0 Å². The summed E-state index contributed by atoms with van der Waals surface area (Å²) in [4.78, 5) is 5.75. The second-order valence-corrected chi connectivity index (χ2v) is 6.28. The van der Waals surface area contributed by atoms with Crippen LogP contribution >= 0.6 is 11.6 Å². The summed E-state index contributed by atoms with van der Waals surface area (Å²) >= 11 is 5.75. The van der Waals surface area contributed by atoms with E-state index in [1.807, 2.05) is 0 Å². The number of pyridine rings is 1. The predicted octanol–water partition coefficient (Wildman–Crippen LogP) is 0.798. The third-order valence-corrected chi connectivity index (χ3v) is 3.11. The van der Waals surface area contributed by atoms with Crippen molar-refractivity contribution in [3.63, 3.8) is 0 Å². The molecule has 1 aromatic heterocycles. The highest BCUT2D eigenvalue weighted by Crippen LogP contribution is 2.18. The lowest BCUT2D eigenvalue weighted by molar-refractivity contribution is 0.601. The lowest BCUT2D eigenvalue weighted by Crippen LogP contribution is -2.25. The molecule has 7 heteroatoms. The van der Waals surface area contributed by atoms with Gasteiger partial charge in [-0.15, -0.1) is 0 Å². The second kappa shape index (κ2) is 4.88. The first kappa shape index (κ1) is 13.1. The van der Waals surface area contributed by atoms with Crippen molar-refractivity contribution in [3.8, 4) is 0 Å². The zero-order chi connectivity index (χ0) is 12.3. The van der Waals surface area contributed by atoms with Crippen molar-refractivity contribution < 1.29 is 8.42 Å². The van der Waals surface area contributed by atoms with Crippen LogP contribution in [0.15, 0.2) is 12.1 Å². The molecule has 0 fully saturated rings. The van der Waals surface area contributed by atoms with Crippen LogP contribution in [0.3, 0.4) is 0 Å². The molecular formula is C9H14ClN3O2S. The summed E-state index contributed by atoms with van der Waals surface area (Å²) in [5.41, 5.74) is 6.11. The predicted molar refractivity (Wildman–Crippen MR) is 66.6 cm³/mol. The van der Waals surface area contributed by atoms with Gasteiger partial charge in [-0.3, -0.25) is 0 Å². The maximum Gasteiger partial charge on any atom is 0.149 e. The average molecular weight is 264 g/mol. The Morgan fingerprint density at radius 3 is 2.62 bits per heavy atom. The molecular weight excluding hydrogens is 250 g/mol. The summed E-state index contributed by atoms with van der Waals surface area (Å²) in [5.74, 6) is 0.631. The second-order valence-electron chi connectivity index (χ2n) is 3.63. The highest BCUT2D eigenvalue weighted by Gasteiger charge is 2.08. The molecule has 1 heterocycles. The third kappa shape index (κ3) is 4.24. The van der Waals surface area contributed by atoms with Gasteiger partial charge in [0.1, 0.15) is 20.8 Å². The molecule has 0 aliphatic carbocycles. The Kier molecular flexibility index (Phi) is 3.98. The van der Waals surface area contributed by atoms with Gasteiger partial charge >= 0.3 is 0 Å². The summed E-state index contributed by atoms with van der Waals surface area (Å²) in [7, 11) is -1.24. The first-order chi connectivity index (χ1) is 7.28. The monoisotopic (exact) mass is 263 g/mol. The van der Waals surface area contributed by atoms with Crippen molar-refractivity contribution >= 4 is 32.9 Å². The molecule has 0 bridgehead atoms. The first-order valence-corrected chi connectivity index (χ1v) is 7.04. The third-order valence-electron chi connectivity index (χ3n) is 1.99. The van der Waals surface area contributed by atoms with Crippen molar-refractivity contribution in [1.82, 2.24) is 4.98 Å². The fraction of sp³-hybridized carbons (Fsp3) is 0.444. The van der Waals surface area contributed by atoms with E-state index in [1.165, 1.54) is 12.3 Å². The zero-order valence-electron chi connectivity index (χ0n) is 9.14. The molecule has 0 unspecified atom stereocenters. The summed E-state index contributed by atoms with van der Waals surface area (Å²) in [6.07, 6.45) is 1.20. The number of hydrogen-bond donors (Lipinski definition) is 1. The Morgan fingerprint density at radius 1 is 1.50 bits per heavy atom. The topological polar surface area (TPSA) is 76.3 Å². The van der Waals surface area contributed by atoms with Crippen molar-refractivity contribution in [2.45, 2.75) is 0 Å². The minimum absolute atomic E-state index is 0.0671. The van der Waals surface area contributed by atoms with Gasteiger partial charge in [-0.1, -0.05) is 11.6 Å². The normalized spacial score (nSPS) is 11.4. The number of rotatable bonds is 4. The molecule has 1 aromatic rings. The van der Waals surface area contributed by atoms with E-state index >= 15 is 0 Å². The fourth-order valence-corrected chi connectivity index (χ4v) is 1.93. The molecule has 0 aliphatic rings. The van der Waals surface area contributed by atoms with Crippen LogP contribution in [0.4, 0.5) is 11.5 Å². The number of nitrogen functional groups attached to an aromatic ring is 1. The van der Waals surface area contributed by atoms with Crippen molar-refractivity contribution in [3.05, 3.63) is 17.3 Å². The van der Waals surface area contributed by atoms with E-state index < -0.39 is 9.84 Å². The van der Waals surface area contributed by atoms with E-state index in [-0.39, 0.29) is 5.75 Å². The highest BCUT2D eigenvalue weighted by molar-refractivity contribution is 7.90. The number of anilines is 2. The Balaban J connectivity index is 2.76. The molecule has 0 atom stereocenters. The first-order valence-electron chi connectivity index (χ1n) is 4.60. The van der Waals surface area contributed by atoms with Gasteiger partial charge in [-0.05, 0) is 6.07 Å². The molecule has 0 aliphatic heterocycles. The largest absolute Gasteiger partial charge is 0.399 e. The molecule has 0 radical (unpaired) electrons. The van der Waals surface area contributed by atoms with Crippen LogP contribution < -0.4 is 10.6 Å². The molecule has 0 spiro atoms. The maximum atomic E-state index is 11.0. The molecule has 0 aromatic carbocycles. The number of sulfone groups is 1. The Hall–Kier alpha value is -1.01. The molecule has 1 rings (SSSR count). The smallest absolute Gasteiger partial charge is 0.149 e. The SMILES string of the molecule is CN(CCS(C)(=O)=O)c1cc(N)cc(Cl)n1. The van der Waals surface area contributed by atoms with E-state index in [9.17, 15) is 8.42 Å². The summed E-state index contributed by atoms with van der Waals surface area (Å²) in [6, 6.07) is 3.18. The zero-order valence-corrected chi connectivity index (χ0v) is 10.7. The molecule has 2 N–H and O–H groups in total. The molecule has 0 saturated heterocycles. The molecule has 16 heavy (non-hydrogen) atoms. The molecule has 90 valence electrons. The Morgan fingerprint density at radius 2 is 2.12 bits per heavy atom. The van der Waals surface area contributed by atoms with Crippen LogP contribution in [0.2, 0.25) is 5.15 Å². The van der Waals surface area contributed by atoms with E-state index in [0.29, 0.717) is 23.2 Å². The summed E-state index contributed by atoms with van der Waals surface area (Å²) < 4.78 is 22.0. The van der Waals surface area contributed by atoms with Crippen LogP contribution in [0.25, 0.3) is 0 Å². The fourth-order valence-electron chi connectivity index (χ4n) is 1.12. The van der Waals surface area contributed by atoms with Crippen LogP contribution in [-0.4, -0.2) is 39.0 Å². The van der Waals surface area contributed by atoms with Gasteiger partial charge in [0.2, 0.25) is 0 Å². The minimum atomic E-state index is -2.98. The average Bonchev–Trinajstić information content (AvgIpc) is 2.11. The number of halogens is 1. The maximum absolute atomic E-state index is 11.0. The van der Waals surface area contributed by atoms with Crippen LogP contribution in [0, 0.1) is 0 Å². The number of hydrogen-bond acceptors (Lipinski definition) is 5. The number of aromatic nitrogens is 1. The van der Waals surface area contributed by atoms with Gasteiger partial charge in [0.25, 0.3) is 0 Å². The van der Waals surface area contributed by atoms with E-state index in [4.69, 9.17) is 17.3 Å². The van der Waals surface area contributed by atoms with Crippen molar-refractivity contribution in [2.75, 3.05) is 36.2 Å². The van der Waals surface area contributed by atoms with E-state index in [2.05, 4.69) is 4.98 Å². The van der Waals surface area contributed by atoms with Gasteiger partial charge in [-0.2, -0.15) is 0 Å². The highest BCUT2D eigenvalue weighted by atomic mass is 35.5. The van der Waals surface area contributed by atoms with Crippen molar-refractivity contribution in [1.29, 1.82) is 0 Å². The van der Waals surface area contributed by atoms with Gasteiger partial charge < -0.3 is 10.6 Å². The van der Waals surface area contributed by atoms with Gasteiger partial charge in [-0.25, -0.2) is 13.4 Å². The van der Waals surface area contributed by atoms with Gasteiger partial charge in [0.15, 0.2) is 0 Å². The lowest BCUT2D eigenvalue weighted by Gasteiger charge is -2.17. The summed E-state index contributed by atoms with van der Waals surface area (Å²) in [6.45, 7) is 0.353. The van der Waals surface area contributed by atoms with Crippen LogP contribution in [0.5, 0.6) is 0 Å². The number of nitrogens with two attached hydrogens (primary N) is 1. The molecule has 0 amide bonds. The molecule has 5 nitrogen and oxygen atoms in total. The van der Waals surface area contributed by atoms with Crippen molar-refractivity contribution in [2.24, 2.45) is 0 Å². The molecule has 0 saturated carbocycles. The minimum Gasteiger partial charge on any atom is -0.399 e. The van der Waals surface area contributed by atoms with Crippen LogP contribution in [0.1, 0.15) is 0 Å². The van der Waals surface area contributed by atoms with Gasteiger partial charge in [0, 0.05) is 31.6 Å². The van der Waals surface area contributed by atoms with Gasteiger partial charge in [0.05, 0.1) is 5.75 Å². The number of nitrogens with zero attached hydrogens (tertiary/aromatic N) is 2. The summed E-state index contributed by atoms with van der Waals surface area (Å²) in [5, 5.41) is 0.293. The van der Waals surface area contributed by atoms with E-state index in [1.54, 1.807) is 18.0 Å². The van der Waals surface area contributed by atoms with Crippen LogP contribution in [-0.2, 0) is 9.84 Å².